The zero-order valence-electron chi connectivity index (χ0n) is 14.6. The van der Waals surface area contributed by atoms with Gasteiger partial charge in [0.2, 0.25) is 0 Å². The van der Waals surface area contributed by atoms with Gasteiger partial charge in [0, 0.05) is 0 Å². The second-order valence-electron chi connectivity index (χ2n) is 6.25. The van der Waals surface area contributed by atoms with E-state index in [9.17, 15) is 4.79 Å². The number of esters is 1. The summed E-state index contributed by atoms with van der Waals surface area (Å²) in [6.45, 7) is 4.31. The molecule has 0 saturated heterocycles. The Balaban J connectivity index is 2.34. The second kappa shape index (κ2) is 11.3. The van der Waals surface area contributed by atoms with Crippen molar-refractivity contribution in [1.29, 1.82) is 0 Å². The van der Waals surface area contributed by atoms with Crippen LogP contribution >= 0.6 is 0 Å². The molecule has 0 bridgehead atoms. The molecule has 0 saturated carbocycles. The quantitative estimate of drug-likeness (QED) is 0.382. The van der Waals surface area contributed by atoms with Crippen molar-refractivity contribution in [2.45, 2.75) is 77.6 Å². The average molecular weight is 304 g/mol. The van der Waals surface area contributed by atoms with Gasteiger partial charge in [0.15, 0.2) is 0 Å². The van der Waals surface area contributed by atoms with Crippen molar-refractivity contribution >= 4 is 5.97 Å². The van der Waals surface area contributed by atoms with Crippen LogP contribution in [0.3, 0.4) is 0 Å². The van der Waals surface area contributed by atoms with E-state index in [0.29, 0.717) is 0 Å². The van der Waals surface area contributed by atoms with E-state index < -0.39 is 0 Å². The Kier molecular flexibility index (Phi) is 9.61. The highest BCUT2D eigenvalue weighted by Crippen LogP contribution is 2.24. The highest BCUT2D eigenvalue weighted by molar-refractivity contribution is 5.78. The molecule has 0 aliphatic heterocycles. The van der Waals surface area contributed by atoms with Crippen molar-refractivity contribution in [1.82, 2.24) is 0 Å². The molecule has 124 valence electrons. The largest absolute Gasteiger partial charge is 0.469 e. The van der Waals surface area contributed by atoms with Crippen LogP contribution in [0.5, 0.6) is 0 Å². The number of hydrogen-bond donors (Lipinski definition) is 0. The number of hydrogen-bond acceptors (Lipinski definition) is 2. The molecule has 0 spiro atoms. The Bertz CT molecular complexity index is 408. The summed E-state index contributed by atoms with van der Waals surface area (Å²) in [5.41, 5.74) is 2.31. The third-order valence-corrected chi connectivity index (χ3v) is 4.31. The first-order valence-corrected chi connectivity index (χ1v) is 8.83. The van der Waals surface area contributed by atoms with Crippen molar-refractivity contribution in [3.63, 3.8) is 0 Å². The molecule has 2 nitrogen and oxygen atoms in total. The van der Waals surface area contributed by atoms with Gasteiger partial charge in [-0.3, -0.25) is 4.79 Å². The first-order valence-electron chi connectivity index (χ1n) is 8.83. The molecule has 1 rings (SSSR count). The number of aryl methyl sites for hydroxylation is 1. The standard InChI is InChI=1S/C20H32O2/c1-4-5-6-7-8-9-10-11-12-19(20(21)22-3)18-15-13-17(2)14-16-18/h13-16,19H,4-12H2,1-3H3. The van der Waals surface area contributed by atoms with E-state index in [1.807, 2.05) is 0 Å². The van der Waals surface area contributed by atoms with Gasteiger partial charge in [0.1, 0.15) is 0 Å². The van der Waals surface area contributed by atoms with Crippen molar-refractivity contribution in [2.24, 2.45) is 0 Å². The topological polar surface area (TPSA) is 26.3 Å². The zero-order valence-corrected chi connectivity index (χ0v) is 14.6. The van der Waals surface area contributed by atoms with Crippen LogP contribution in [-0.4, -0.2) is 13.1 Å². The van der Waals surface area contributed by atoms with Crippen LogP contribution in [0.2, 0.25) is 0 Å². The van der Waals surface area contributed by atoms with E-state index in [0.717, 1.165) is 18.4 Å². The second-order valence-corrected chi connectivity index (χ2v) is 6.25. The lowest BCUT2D eigenvalue weighted by atomic mass is 9.92. The molecule has 22 heavy (non-hydrogen) atoms. The van der Waals surface area contributed by atoms with E-state index in [2.05, 4.69) is 38.1 Å². The first kappa shape index (κ1) is 18.7. The van der Waals surface area contributed by atoms with Crippen LogP contribution in [0.25, 0.3) is 0 Å². The minimum atomic E-state index is -0.106. The number of unbranched alkanes of at least 4 members (excludes halogenated alkanes) is 7. The third-order valence-electron chi connectivity index (χ3n) is 4.31. The Hall–Kier alpha value is -1.31. The average Bonchev–Trinajstić information content (AvgIpc) is 2.54. The molecule has 1 aromatic rings. The molecular formula is C20H32O2. The van der Waals surface area contributed by atoms with Gasteiger partial charge in [-0.1, -0.05) is 88.1 Å². The predicted molar refractivity (Wildman–Crippen MR) is 93.2 cm³/mol. The Morgan fingerprint density at radius 2 is 1.50 bits per heavy atom. The molecule has 0 aromatic heterocycles. The molecular weight excluding hydrogens is 272 g/mol. The fourth-order valence-corrected chi connectivity index (χ4v) is 2.84. The minimum Gasteiger partial charge on any atom is -0.469 e. The highest BCUT2D eigenvalue weighted by Gasteiger charge is 2.20. The monoisotopic (exact) mass is 304 g/mol. The third kappa shape index (κ3) is 7.11. The number of carbonyl (C=O) groups excluding carboxylic acids is 1. The van der Waals surface area contributed by atoms with E-state index in [1.165, 1.54) is 57.6 Å². The molecule has 1 unspecified atom stereocenters. The van der Waals surface area contributed by atoms with E-state index in [-0.39, 0.29) is 11.9 Å². The number of ether oxygens (including phenoxy) is 1. The maximum atomic E-state index is 12.0. The molecule has 2 heteroatoms. The van der Waals surface area contributed by atoms with Gasteiger partial charge >= 0.3 is 5.97 Å². The highest BCUT2D eigenvalue weighted by atomic mass is 16.5. The van der Waals surface area contributed by atoms with Gasteiger partial charge in [0.05, 0.1) is 13.0 Å². The summed E-state index contributed by atoms with van der Waals surface area (Å²) in [6, 6.07) is 8.25. The number of benzene rings is 1. The zero-order chi connectivity index (χ0) is 16.2. The van der Waals surface area contributed by atoms with Gasteiger partial charge < -0.3 is 4.74 Å². The van der Waals surface area contributed by atoms with Crippen LogP contribution in [0.15, 0.2) is 24.3 Å². The van der Waals surface area contributed by atoms with Crippen LogP contribution in [0, 0.1) is 6.92 Å². The summed E-state index contributed by atoms with van der Waals surface area (Å²) < 4.78 is 4.98. The maximum Gasteiger partial charge on any atom is 0.313 e. The predicted octanol–water partition coefficient (Wildman–Crippen LogP) is 5.78. The summed E-state index contributed by atoms with van der Waals surface area (Å²) in [5, 5.41) is 0. The van der Waals surface area contributed by atoms with Crippen LogP contribution in [0.4, 0.5) is 0 Å². The van der Waals surface area contributed by atoms with Crippen molar-refractivity contribution in [3.8, 4) is 0 Å². The Morgan fingerprint density at radius 1 is 0.955 bits per heavy atom. The fraction of sp³-hybridized carbons (Fsp3) is 0.650. The lowest BCUT2D eigenvalue weighted by Crippen LogP contribution is -2.14. The molecule has 0 N–H and O–H groups in total. The lowest BCUT2D eigenvalue weighted by Gasteiger charge is -2.15. The van der Waals surface area contributed by atoms with Gasteiger partial charge in [0.25, 0.3) is 0 Å². The summed E-state index contributed by atoms with van der Waals surface area (Å²) in [6.07, 6.45) is 11.2. The van der Waals surface area contributed by atoms with Crippen molar-refractivity contribution in [2.75, 3.05) is 7.11 Å². The molecule has 1 atom stereocenters. The van der Waals surface area contributed by atoms with Gasteiger partial charge in [-0.05, 0) is 18.9 Å². The smallest absolute Gasteiger partial charge is 0.313 e. The number of carbonyl (C=O) groups is 1. The van der Waals surface area contributed by atoms with E-state index in [4.69, 9.17) is 4.74 Å². The summed E-state index contributed by atoms with van der Waals surface area (Å²) in [5.74, 6) is -0.211. The molecule has 0 aliphatic carbocycles. The first-order chi connectivity index (χ1) is 10.7. The Morgan fingerprint density at radius 3 is 2.05 bits per heavy atom. The van der Waals surface area contributed by atoms with Gasteiger partial charge in [-0.15, -0.1) is 0 Å². The number of methoxy groups -OCH3 is 1. The number of rotatable bonds is 11. The van der Waals surface area contributed by atoms with E-state index in [1.54, 1.807) is 0 Å². The summed E-state index contributed by atoms with van der Waals surface area (Å²) >= 11 is 0. The maximum absolute atomic E-state index is 12.0. The van der Waals surface area contributed by atoms with Crippen molar-refractivity contribution < 1.29 is 9.53 Å². The molecule has 0 radical (unpaired) electrons. The SMILES string of the molecule is CCCCCCCCCCC(C(=O)OC)c1ccc(C)cc1. The summed E-state index contributed by atoms with van der Waals surface area (Å²) in [7, 11) is 1.48. The van der Waals surface area contributed by atoms with Crippen molar-refractivity contribution in [3.05, 3.63) is 35.4 Å². The van der Waals surface area contributed by atoms with Crippen LogP contribution in [-0.2, 0) is 9.53 Å². The molecule has 1 aromatic carbocycles. The molecule has 0 amide bonds. The fourth-order valence-electron chi connectivity index (χ4n) is 2.84. The minimum absolute atomic E-state index is 0.105. The normalized spacial score (nSPS) is 12.1. The summed E-state index contributed by atoms with van der Waals surface area (Å²) in [4.78, 5) is 12.0. The van der Waals surface area contributed by atoms with E-state index >= 15 is 0 Å². The van der Waals surface area contributed by atoms with Crippen LogP contribution < -0.4 is 0 Å². The van der Waals surface area contributed by atoms with Gasteiger partial charge in [-0.25, -0.2) is 0 Å². The molecule has 0 heterocycles. The van der Waals surface area contributed by atoms with Gasteiger partial charge in [-0.2, -0.15) is 0 Å². The molecule has 0 aliphatic rings. The molecule has 0 fully saturated rings. The van der Waals surface area contributed by atoms with Crippen LogP contribution in [0.1, 0.15) is 81.8 Å². The Labute approximate surface area is 136 Å². The lowest BCUT2D eigenvalue weighted by molar-refractivity contribution is -0.142.